The van der Waals surface area contributed by atoms with Gasteiger partial charge in [-0.15, -0.1) is 0 Å². The average molecular weight is 507 g/mol. The van der Waals surface area contributed by atoms with Gasteiger partial charge in [-0.05, 0) is 80.8 Å². The molecule has 0 spiro atoms. The molecular formula is C27H30F4N2O3. The van der Waals surface area contributed by atoms with Crippen molar-refractivity contribution < 1.29 is 31.9 Å². The number of carbonyl (C=O) groups excluding carboxylic acids is 2. The SMILES string of the molecule is C[C@H](c1ccc(C(=O)N(C2CC2)C2CCC(COC(N)=O)(c3ccc(F)cc3)CC2)cc1)C(F)(F)F. The lowest BCUT2D eigenvalue weighted by Crippen LogP contribution is -2.48. The van der Waals surface area contributed by atoms with Gasteiger partial charge in [0.1, 0.15) is 12.4 Å². The zero-order valence-corrected chi connectivity index (χ0v) is 20.1. The summed E-state index contributed by atoms with van der Waals surface area (Å²) in [5, 5.41) is 0. The molecule has 0 bridgehead atoms. The van der Waals surface area contributed by atoms with Gasteiger partial charge in [0.05, 0.1) is 5.92 Å². The molecule has 0 radical (unpaired) electrons. The van der Waals surface area contributed by atoms with Crippen molar-refractivity contribution in [1.82, 2.24) is 4.90 Å². The number of nitrogens with zero attached hydrogens (tertiary/aromatic N) is 1. The second-order valence-electron chi connectivity index (χ2n) is 9.96. The second-order valence-corrected chi connectivity index (χ2v) is 9.96. The van der Waals surface area contributed by atoms with Crippen LogP contribution >= 0.6 is 0 Å². The third kappa shape index (κ3) is 5.65. The normalized spacial score (nSPS) is 23.1. The summed E-state index contributed by atoms with van der Waals surface area (Å²) in [7, 11) is 0. The summed E-state index contributed by atoms with van der Waals surface area (Å²) in [6.45, 7) is 1.17. The summed E-state index contributed by atoms with van der Waals surface area (Å²) in [5.74, 6) is -2.15. The molecule has 0 aromatic heterocycles. The van der Waals surface area contributed by atoms with Crippen molar-refractivity contribution in [3.63, 3.8) is 0 Å². The molecule has 2 aromatic carbocycles. The maximum Gasteiger partial charge on any atom is 0.404 e. The highest BCUT2D eigenvalue weighted by molar-refractivity contribution is 5.95. The van der Waals surface area contributed by atoms with Gasteiger partial charge in [-0.1, -0.05) is 24.3 Å². The van der Waals surface area contributed by atoms with E-state index in [1.807, 2.05) is 4.90 Å². The van der Waals surface area contributed by atoms with Gasteiger partial charge < -0.3 is 15.4 Å². The number of benzene rings is 2. The van der Waals surface area contributed by atoms with Crippen LogP contribution in [0.1, 0.15) is 72.9 Å². The van der Waals surface area contributed by atoms with E-state index in [4.69, 9.17) is 10.5 Å². The average Bonchev–Trinajstić information content (AvgIpc) is 3.68. The monoisotopic (exact) mass is 506 g/mol. The highest BCUT2D eigenvalue weighted by Crippen LogP contribution is 2.44. The predicted molar refractivity (Wildman–Crippen MR) is 126 cm³/mol. The van der Waals surface area contributed by atoms with E-state index < -0.39 is 23.6 Å². The molecule has 0 unspecified atom stereocenters. The van der Waals surface area contributed by atoms with E-state index in [9.17, 15) is 27.2 Å². The van der Waals surface area contributed by atoms with E-state index in [0.29, 0.717) is 31.2 Å². The lowest BCUT2D eigenvalue weighted by atomic mass is 9.68. The maximum absolute atomic E-state index is 13.5. The van der Waals surface area contributed by atoms with Crippen LogP contribution in [-0.4, -0.2) is 41.8 Å². The molecule has 2 aliphatic carbocycles. The molecule has 5 nitrogen and oxygen atoms in total. The Hall–Kier alpha value is -3.10. The third-order valence-corrected chi connectivity index (χ3v) is 7.58. The number of primary amides is 1. The third-order valence-electron chi connectivity index (χ3n) is 7.58. The van der Waals surface area contributed by atoms with Crippen molar-refractivity contribution in [2.45, 2.75) is 75.0 Å². The zero-order valence-electron chi connectivity index (χ0n) is 20.1. The van der Waals surface area contributed by atoms with Crippen LogP contribution < -0.4 is 5.73 Å². The highest BCUT2D eigenvalue weighted by Gasteiger charge is 2.44. The Morgan fingerprint density at radius 3 is 2.06 bits per heavy atom. The number of hydrogen-bond donors (Lipinski definition) is 1. The van der Waals surface area contributed by atoms with E-state index in [1.165, 1.54) is 36.4 Å². The number of nitrogens with two attached hydrogens (primary N) is 1. The summed E-state index contributed by atoms with van der Waals surface area (Å²) >= 11 is 0. The summed E-state index contributed by atoms with van der Waals surface area (Å²) in [6.07, 6.45) is -0.946. The van der Waals surface area contributed by atoms with Crippen LogP contribution in [0.5, 0.6) is 0 Å². The largest absolute Gasteiger partial charge is 0.449 e. The molecule has 2 N–H and O–H groups in total. The molecule has 9 heteroatoms. The lowest BCUT2D eigenvalue weighted by molar-refractivity contribution is -0.146. The minimum absolute atomic E-state index is 0.0547. The van der Waals surface area contributed by atoms with Crippen molar-refractivity contribution in [2.75, 3.05) is 6.61 Å². The van der Waals surface area contributed by atoms with Crippen LogP contribution in [0.25, 0.3) is 0 Å². The van der Waals surface area contributed by atoms with E-state index in [-0.39, 0.29) is 36.0 Å². The fraction of sp³-hybridized carbons (Fsp3) is 0.481. The van der Waals surface area contributed by atoms with Gasteiger partial charge in [-0.2, -0.15) is 13.2 Å². The van der Waals surface area contributed by atoms with Gasteiger partial charge in [0.25, 0.3) is 5.91 Å². The van der Waals surface area contributed by atoms with Crippen molar-refractivity contribution >= 4 is 12.0 Å². The Morgan fingerprint density at radius 2 is 1.56 bits per heavy atom. The standard InChI is InChI=1S/C27H30F4N2O3/c1-17(27(29,30)31)18-2-4-19(5-3-18)24(34)33(22-10-11-22)23-12-14-26(15-13-23,16-36-25(32)35)20-6-8-21(28)9-7-20/h2-9,17,22-23H,10-16H2,1H3,(H2,32,35)/t17-,23?,26?/m1/s1. The molecule has 0 aliphatic heterocycles. The summed E-state index contributed by atoms with van der Waals surface area (Å²) in [5.41, 5.74) is 6.02. The number of rotatable bonds is 7. The zero-order chi connectivity index (χ0) is 26.1. The van der Waals surface area contributed by atoms with E-state index in [2.05, 4.69) is 0 Å². The number of alkyl halides is 3. The molecular weight excluding hydrogens is 476 g/mol. The second kappa shape index (κ2) is 10.1. The van der Waals surface area contributed by atoms with E-state index >= 15 is 0 Å². The van der Waals surface area contributed by atoms with Gasteiger partial charge >= 0.3 is 12.3 Å². The molecule has 0 saturated heterocycles. The van der Waals surface area contributed by atoms with Gasteiger partial charge in [-0.25, -0.2) is 9.18 Å². The quantitative estimate of drug-likeness (QED) is 0.463. The molecule has 1 atom stereocenters. The molecule has 194 valence electrons. The lowest BCUT2D eigenvalue weighted by Gasteiger charge is -2.43. The van der Waals surface area contributed by atoms with Crippen molar-refractivity contribution in [3.05, 3.63) is 71.0 Å². The topological polar surface area (TPSA) is 72.6 Å². The van der Waals surface area contributed by atoms with Crippen LogP contribution in [0, 0.1) is 5.82 Å². The number of carbonyl (C=O) groups is 2. The Labute approximate surface area is 207 Å². The molecule has 36 heavy (non-hydrogen) atoms. The molecule has 2 aromatic rings. The van der Waals surface area contributed by atoms with Crippen LogP contribution in [0.4, 0.5) is 22.4 Å². The molecule has 2 amide bonds. The first kappa shape index (κ1) is 26.0. The molecule has 0 heterocycles. The van der Waals surface area contributed by atoms with Crippen LogP contribution in [0.15, 0.2) is 48.5 Å². The summed E-state index contributed by atoms with van der Waals surface area (Å²) < 4.78 is 57.9. The Balaban J connectivity index is 1.50. The van der Waals surface area contributed by atoms with E-state index in [1.54, 1.807) is 12.1 Å². The van der Waals surface area contributed by atoms with Crippen molar-refractivity contribution in [2.24, 2.45) is 5.73 Å². The first-order chi connectivity index (χ1) is 17.0. The number of amides is 2. The Morgan fingerprint density at radius 1 is 1.00 bits per heavy atom. The molecule has 2 saturated carbocycles. The Kier molecular flexibility index (Phi) is 7.29. The van der Waals surface area contributed by atoms with Gasteiger partial charge in [-0.3, -0.25) is 4.79 Å². The smallest absolute Gasteiger partial charge is 0.404 e. The van der Waals surface area contributed by atoms with Crippen LogP contribution in [0.3, 0.4) is 0 Å². The number of ether oxygens (including phenoxy) is 1. The number of halogens is 4. The number of hydrogen-bond acceptors (Lipinski definition) is 3. The summed E-state index contributed by atoms with van der Waals surface area (Å²) in [6, 6.07) is 11.9. The summed E-state index contributed by atoms with van der Waals surface area (Å²) in [4.78, 5) is 26.7. The fourth-order valence-electron chi connectivity index (χ4n) is 5.20. The first-order valence-corrected chi connectivity index (χ1v) is 12.2. The van der Waals surface area contributed by atoms with Crippen LogP contribution in [-0.2, 0) is 10.2 Å². The molecule has 2 fully saturated rings. The highest BCUT2D eigenvalue weighted by atomic mass is 19.4. The van der Waals surface area contributed by atoms with Crippen molar-refractivity contribution in [3.8, 4) is 0 Å². The first-order valence-electron chi connectivity index (χ1n) is 12.2. The van der Waals surface area contributed by atoms with E-state index in [0.717, 1.165) is 25.3 Å². The minimum atomic E-state index is -4.34. The van der Waals surface area contributed by atoms with Gasteiger partial charge in [0.2, 0.25) is 0 Å². The van der Waals surface area contributed by atoms with Gasteiger partial charge in [0, 0.05) is 23.1 Å². The molecule has 4 rings (SSSR count). The minimum Gasteiger partial charge on any atom is -0.449 e. The maximum atomic E-state index is 13.5. The van der Waals surface area contributed by atoms with Gasteiger partial charge in [0.15, 0.2) is 0 Å². The van der Waals surface area contributed by atoms with Crippen LogP contribution in [0.2, 0.25) is 0 Å². The predicted octanol–water partition coefficient (Wildman–Crippen LogP) is 6.07. The fourth-order valence-corrected chi connectivity index (χ4v) is 5.20. The Bertz CT molecular complexity index is 1070. The molecule has 2 aliphatic rings. The van der Waals surface area contributed by atoms with Crippen molar-refractivity contribution in [1.29, 1.82) is 0 Å².